The van der Waals surface area contributed by atoms with E-state index in [1.54, 1.807) is 7.11 Å². The van der Waals surface area contributed by atoms with Crippen molar-refractivity contribution in [2.75, 3.05) is 13.7 Å². The molecule has 0 spiro atoms. The lowest BCUT2D eigenvalue weighted by atomic mass is 9.99. The molecule has 0 fully saturated rings. The van der Waals surface area contributed by atoms with Gasteiger partial charge < -0.3 is 14.6 Å². The van der Waals surface area contributed by atoms with Gasteiger partial charge in [0.25, 0.3) is 5.69 Å². The molecule has 0 saturated heterocycles. The molecule has 28 heavy (non-hydrogen) atoms. The minimum Gasteiger partial charge on any atom is -0.449 e. The molecule has 8 nitrogen and oxygen atoms in total. The summed E-state index contributed by atoms with van der Waals surface area (Å²) in [4.78, 5) is 30.8. The molecule has 1 atom stereocenters. The molecule has 1 aromatic rings. The fourth-order valence-electron chi connectivity index (χ4n) is 1.77. The minimum absolute atomic E-state index is 0.0538. The van der Waals surface area contributed by atoms with E-state index in [1.807, 2.05) is 6.92 Å². The molecule has 0 heterocycles. The van der Waals surface area contributed by atoms with E-state index in [0.717, 1.165) is 50.8 Å². The molecule has 0 aliphatic heterocycles. The minimum atomic E-state index is -1.45. The van der Waals surface area contributed by atoms with E-state index in [9.17, 15) is 19.7 Å². The SMILES string of the molecule is CCCCC(=O)C(C)CC.CCCOC.O=C(O)Oc1ccc([N+](=O)[O-])cc1. The number of hydrogen-bond donors (Lipinski definition) is 1. The molecule has 1 aromatic carbocycles. The first-order valence-electron chi connectivity index (χ1n) is 9.40. The molecule has 8 heteroatoms. The number of Topliss-reactive ketones (excluding diaryl/α,β-unsaturated/α-hetero) is 1. The van der Waals surface area contributed by atoms with Gasteiger partial charge in [-0.3, -0.25) is 14.9 Å². The fourth-order valence-corrected chi connectivity index (χ4v) is 1.77. The zero-order chi connectivity index (χ0) is 21.9. The van der Waals surface area contributed by atoms with E-state index in [2.05, 4.69) is 25.5 Å². The van der Waals surface area contributed by atoms with Crippen molar-refractivity contribution in [1.29, 1.82) is 0 Å². The molecule has 0 aliphatic rings. The van der Waals surface area contributed by atoms with Crippen LogP contribution in [-0.2, 0) is 9.53 Å². The Hall–Kier alpha value is -2.48. The number of nitro groups is 1. The monoisotopic (exact) mass is 399 g/mol. The first-order chi connectivity index (χ1) is 13.2. The number of benzene rings is 1. The van der Waals surface area contributed by atoms with Gasteiger partial charge in [0.15, 0.2) is 0 Å². The summed E-state index contributed by atoms with van der Waals surface area (Å²) in [5, 5.41) is 18.4. The van der Waals surface area contributed by atoms with Gasteiger partial charge in [-0.15, -0.1) is 0 Å². The van der Waals surface area contributed by atoms with E-state index in [1.165, 1.54) is 12.1 Å². The Balaban J connectivity index is 0. The molecule has 1 unspecified atom stereocenters. The van der Waals surface area contributed by atoms with Gasteiger partial charge in [0.1, 0.15) is 11.5 Å². The van der Waals surface area contributed by atoms with Crippen LogP contribution in [0.2, 0.25) is 0 Å². The molecule has 160 valence electrons. The third-order valence-corrected chi connectivity index (χ3v) is 3.60. The van der Waals surface area contributed by atoms with Gasteiger partial charge in [0, 0.05) is 38.2 Å². The average molecular weight is 399 g/mol. The van der Waals surface area contributed by atoms with Crippen LogP contribution in [-0.4, -0.2) is 35.7 Å². The predicted molar refractivity (Wildman–Crippen MR) is 108 cm³/mol. The summed E-state index contributed by atoms with van der Waals surface area (Å²) >= 11 is 0. The molecule has 0 aromatic heterocycles. The maximum atomic E-state index is 11.1. The Morgan fingerprint density at radius 2 is 1.71 bits per heavy atom. The molecular formula is C20H33NO7. The Morgan fingerprint density at radius 3 is 2.04 bits per heavy atom. The quantitative estimate of drug-likeness (QED) is 0.253. The van der Waals surface area contributed by atoms with Gasteiger partial charge in [-0.25, -0.2) is 4.79 Å². The largest absolute Gasteiger partial charge is 0.511 e. The number of nitrogens with zero attached hydrogens (tertiary/aromatic N) is 1. The number of non-ortho nitro benzene ring substituents is 1. The fraction of sp³-hybridized carbons (Fsp3) is 0.600. The van der Waals surface area contributed by atoms with Crippen molar-refractivity contribution in [2.45, 2.75) is 59.8 Å². The highest BCUT2D eigenvalue weighted by Gasteiger charge is 2.08. The Bertz CT molecular complexity index is 556. The number of unbranched alkanes of at least 4 members (excludes halogenated alkanes) is 1. The topological polar surface area (TPSA) is 116 Å². The number of ether oxygens (including phenoxy) is 2. The Labute approximate surface area is 167 Å². The van der Waals surface area contributed by atoms with Gasteiger partial charge >= 0.3 is 6.16 Å². The van der Waals surface area contributed by atoms with E-state index in [4.69, 9.17) is 9.84 Å². The third-order valence-electron chi connectivity index (χ3n) is 3.60. The molecule has 0 amide bonds. The maximum Gasteiger partial charge on any atom is 0.511 e. The molecule has 0 radical (unpaired) electrons. The first kappa shape index (κ1) is 27.7. The summed E-state index contributed by atoms with van der Waals surface area (Å²) in [6, 6.07) is 4.76. The highest BCUT2D eigenvalue weighted by molar-refractivity contribution is 5.80. The third kappa shape index (κ3) is 15.7. The van der Waals surface area contributed by atoms with Crippen LogP contribution in [0, 0.1) is 16.0 Å². The summed E-state index contributed by atoms with van der Waals surface area (Å²) in [7, 11) is 1.71. The molecule has 0 bridgehead atoms. The summed E-state index contributed by atoms with van der Waals surface area (Å²) in [5.74, 6) is 0.772. The van der Waals surface area contributed by atoms with E-state index < -0.39 is 11.1 Å². The van der Waals surface area contributed by atoms with Crippen molar-refractivity contribution >= 4 is 17.6 Å². The Kier molecular flexibility index (Phi) is 17.7. The van der Waals surface area contributed by atoms with Gasteiger partial charge in [-0.1, -0.05) is 34.1 Å². The van der Waals surface area contributed by atoms with Crippen LogP contribution in [0.4, 0.5) is 10.5 Å². The van der Waals surface area contributed by atoms with Crippen molar-refractivity contribution in [2.24, 2.45) is 5.92 Å². The standard InChI is InChI=1S/C9H18O.C7H5NO5.C4H10O/c1-4-6-7-9(10)8(3)5-2;9-7(10)13-6-3-1-5(2-4-6)8(11)12;1-3-4-5-2/h8H,4-7H2,1-3H3;1-4H,(H,9,10);3-4H2,1-2H3. The number of hydrogen-bond acceptors (Lipinski definition) is 6. The predicted octanol–water partition coefficient (Wildman–Crippen LogP) is 5.49. The Morgan fingerprint density at radius 1 is 1.14 bits per heavy atom. The molecule has 1 rings (SSSR count). The number of rotatable bonds is 9. The summed E-state index contributed by atoms with van der Waals surface area (Å²) < 4.78 is 8.93. The summed E-state index contributed by atoms with van der Waals surface area (Å²) in [6.45, 7) is 9.17. The van der Waals surface area contributed by atoms with Gasteiger partial charge in [0.2, 0.25) is 0 Å². The molecule has 1 N–H and O–H groups in total. The van der Waals surface area contributed by atoms with Crippen LogP contribution in [0.5, 0.6) is 5.75 Å². The maximum absolute atomic E-state index is 11.1. The second kappa shape index (κ2) is 17.9. The second-order valence-corrected chi connectivity index (χ2v) is 5.99. The van der Waals surface area contributed by atoms with Gasteiger partial charge in [-0.05, 0) is 31.4 Å². The average Bonchev–Trinajstić information content (AvgIpc) is 2.67. The number of ketones is 1. The van der Waals surface area contributed by atoms with Crippen LogP contribution in [0.15, 0.2) is 24.3 Å². The normalized spacial score (nSPS) is 10.5. The van der Waals surface area contributed by atoms with Crippen LogP contribution in [0.25, 0.3) is 0 Å². The number of carboxylic acid groups (broad SMARTS) is 1. The lowest BCUT2D eigenvalue weighted by molar-refractivity contribution is -0.384. The molecule has 0 saturated carbocycles. The van der Waals surface area contributed by atoms with Crippen LogP contribution >= 0.6 is 0 Å². The van der Waals surface area contributed by atoms with Crippen LogP contribution in [0.1, 0.15) is 59.8 Å². The first-order valence-corrected chi connectivity index (χ1v) is 9.40. The lowest BCUT2D eigenvalue weighted by Gasteiger charge is -2.04. The van der Waals surface area contributed by atoms with Gasteiger partial charge in [0.05, 0.1) is 4.92 Å². The van der Waals surface area contributed by atoms with E-state index >= 15 is 0 Å². The highest BCUT2D eigenvalue weighted by atomic mass is 16.7. The van der Waals surface area contributed by atoms with Crippen molar-refractivity contribution in [3.8, 4) is 5.75 Å². The van der Waals surface area contributed by atoms with E-state index in [-0.39, 0.29) is 17.4 Å². The number of methoxy groups -OCH3 is 1. The summed E-state index contributed by atoms with van der Waals surface area (Å²) in [5.41, 5.74) is -0.113. The smallest absolute Gasteiger partial charge is 0.449 e. The number of nitro benzene ring substituents is 1. The van der Waals surface area contributed by atoms with Crippen molar-refractivity contribution < 1.29 is 29.1 Å². The number of carbonyl (C=O) groups is 2. The van der Waals surface area contributed by atoms with Crippen LogP contribution in [0.3, 0.4) is 0 Å². The number of carbonyl (C=O) groups excluding carboxylic acids is 1. The zero-order valence-electron chi connectivity index (χ0n) is 17.5. The van der Waals surface area contributed by atoms with E-state index in [0.29, 0.717) is 5.78 Å². The van der Waals surface area contributed by atoms with Crippen LogP contribution < -0.4 is 4.74 Å². The molecule has 0 aliphatic carbocycles. The second-order valence-electron chi connectivity index (χ2n) is 5.99. The van der Waals surface area contributed by atoms with Crippen molar-refractivity contribution in [3.63, 3.8) is 0 Å². The highest BCUT2D eigenvalue weighted by Crippen LogP contribution is 2.17. The van der Waals surface area contributed by atoms with Crippen molar-refractivity contribution in [1.82, 2.24) is 0 Å². The van der Waals surface area contributed by atoms with Crippen molar-refractivity contribution in [3.05, 3.63) is 34.4 Å². The van der Waals surface area contributed by atoms with Gasteiger partial charge in [-0.2, -0.15) is 0 Å². The zero-order valence-corrected chi connectivity index (χ0v) is 17.5. The lowest BCUT2D eigenvalue weighted by Crippen LogP contribution is -2.08. The summed E-state index contributed by atoms with van der Waals surface area (Å²) in [6.07, 6.45) is 3.63. The molecular weight excluding hydrogens is 366 g/mol.